The Morgan fingerprint density at radius 3 is 2.61 bits per heavy atom. The lowest BCUT2D eigenvalue weighted by Crippen LogP contribution is -2.59. The minimum atomic E-state index is -1.62. The Bertz CT molecular complexity index is 345. The first-order valence-corrected chi connectivity index (χ1v) is 5.88. The zero-order valence-electron chi connectivity index (χ0n) is 11.4. The molecule has 1 fully saturated rings. The van der Waals surface area contributed by atoms with Crippen molar-refractivity contribution in [2.75, 3.05) is 6.54 Å². The Labute approximate surface area is 107 Å². The Balaban J connectivity index is 2.73. The molecular weight excluding hydrogens is 238 g/mol. The summed E-state index contributed by atoms with van der Waals surface area (Å²) in [5, 5.41) is 12.4. The summed E-state index contributed by atoms with van der Waals surface area (Å²) in [7, 11) is 0. The van der Waals surface area contributed by atoms with Crippen LogP contribution < -0.4 is 5.32 Å². The van der Waals surface area contributed by atoms with Gasteiger partial charge in [-0.3, -0.25) is 4.79 Å². The number of carbonyl (C=O) groups excluding carboxylic acids is 2. The van der Waals surface area contributed by atoms with Gasteiger partial charge in [0.1, 0.15) is 5.60 Å². The summed E-state index contributed by atoms with van der Waals surface area (Å²) in [4.78, 5) is 23.3. The fourth-order valence-corrected chi connectivity index (χ4v) is 1.53. The monoisotopic (exact) mass is 259 g/mol. The van der Waals surface area contributed by atoms with Crippen molar-refractivity contribution in [1.29, 1.82) is 0 Å². The van der Waals surface area contributed by atoms with Gasteiger partial charge in [-0.05, 0) is 34.6 Å². The van der Waals surface area contributed by atoms with Crippen LogP contribution in [0, 0.1) is 0 Å². The number of aliphatic hydroxyl groups is 1. The van der Waals surface area contributed by atoms with E-state index < -0.39 is 35.3 Å². The maximum absolute atomic E-state index is 11.7. The third kappa shape index (κ3) is 3.96. The Kier molecular flexibility index (Phi) is 4.02. The number of ether oxygens (including phenoxy) is 2. The fourth-order valence-electron chi connectivity index (χ4n) is 1.53. The summed E-state index contributed by atoms with van der Waals surface area (Å²) in [6.07, 6.45) is -2.85. The van der Waals surface area contributed by atoms with Crippen LogP contribution in [0.25, 0.3) is 0 Å². The van der Waals surface area contributed by atoms with Crippen LogP contribution in [0.4, 0.5) is 0 Å². The minimum Gasteiger partial charge on any atom is -0.458 e. The first kappa shape index (κ1) is 14.9. The Hall–Kier alpha value is -1.14. The molecule has 0 aromatic heterocycles. The summed E-state index contributed by atoms with van der Waals surface area (Å²) in [6, 6.07) is 0. The molecule has 0 aromatic rings. The molecule has 2 N–H and O–H groups in total. The highest BCUT2D eigenvalue weighted by Crippen LogP contribution is 2.20. The van der Waals surface area contributed by atoms with Gasteiger partial charge in [0.05, 0.1) is 5.60 Å². The first-order valence-electron chi connectivity index (χ1n) is 5.88. The molecule has 1 amide bonds. The van der Waals surface area contributed by atoms with Crippen molar-refractivity contribution in [2.45, 2.75) is 58.0 Å². The predicted octanol–water partition coefficient (Wildman–Crippen LogP) is -0.0174. The second kappa shape index (κ2) is 4.85. The number of aliphatic hydroxyl groups excluding tert-OH is 1. The van der Waals surface area contributed by atoms with E-state index >= 15 is 0 Å². The standard InChI is InChI=1S/C12H21NO5/c1-11(2,3)18-10(16)7(14)8-9(15)13-6-12(4,5)17-8/h7-8,14H,6H2,1-5H3,(H,13,15)/t7?,8-/m1/s1. The van der Waals surface area contributed by atoms with E-state index in [1.807, 2.05) is 0 Å². The molecule has 1 heterocycles. The molecule has 0 aliphatic carbocycles. The summed E-state index contributed by atoms with van der Waals surface area (Å²) >= 11 is 0. The van der Waals surface area contributed by atoms with Crippen molar-refractivity contribution in [1.82, 2.24) is 5.32 Å². The van der Waals surface area contributed by atoms with E-state index in [9.17, 15) is 14.7 Å². The first-order chi connectivity index (χ1) is 8.02. The fraction of sp³-hybridized carbons (Fsp3) is 0.833. The highest BCUT2D eigenvalue weighted by molar-refractivity contribution is 5.89. The van der Waals surface area contributed by atoms with Gasteiger partial charge in [0, 0.05) is 6.54 Å². The van der Waals surface area contributed by atoms with Crippen LogP contribution in [-0.4, -0.2) is 46.9 Å². The molecule has 1 saturated heterocycles. The molecule has 6 nitrogen and oxygen atoms in total. The lowest BCUT2D eigenvalue weighted by molar-refractivity contribution is -0.191. The van der Waals surface area contributed by atoms with Gasteiger partial charge in [0.15, 0.2) is 12.2 Å². The molecule has 0 saturated carbocycles. The predicted molar refractivity (Wildman–Crippen MR) is 63.8 cm³/mol. The molecule has 0 bridgehead atoms. The van der Waals surface area contributed by atoms with Crippen molar-refractivity contribution in [3.05, 3.63) is 0 Å². The van der Waals surface area contributed by atoms with Crippen LogP contribution in [0.15, 0.2) is 0 Å². The van der Waals surface area contributed by atoms with Crippen molar-refractivity contribution >= 4 is 11.9 Å². The van der Waals surface area contributed by atoms with E-state index in [4.69, 9.17) is 9.47 Å². The second-order valence-corrected chi connectivity index (χ2v) is 5.99. The molecule has 1 aliphatic heterocycles. The van der Waals surface area contributed by atoms with Crippen molar-refractivity contribution in [3.8, 4) is 0 Å². The smallest absolute Gasteiger partial charge is 0.338 e. The molecule has 18 heavy (non-hydrogen) atoms. The summed E-state index contributed by atoms with van der Waals surface area (Å²) in [5.74, 6) is -1.37. The average molecular weight is 259 g/mol. The van der Waals surface area contributed by atoms with Crippen molar-refractivity contribution < 1.29 is 24.2 Å². The summed E-state index contributed by atoms with van der Waals surface area (Å²) in [5.41, 5.74) is -1.35. The lowest BCUT2D eigenvalue weighted by atomic mass is 10.0. The topological polar surface area (TPSA) is 84.9 Å². The van der Waals surface area contributed by atoms with Crippen molar-refractivity contribution in [2.24, 2.45) is 0 Å². The second-order valence-electron chi connectivity index (χ2n) is 5.99. The maximum atomic E-state index is 11.7. The Morgan fingerprint density at radius 1 is 1.56 bits per heavy atom. The lowest BCUT2D eigenvalue weighted by Gasteiger charge is -2.37. The SMILES string of the molecule is CC(C)(C)OC(=O)C(O)[C@H]1OC(C)(C)CNC1=O. The van der Waals surface area contributed by atoms with Crippen LogP contribution in [-0.2, 0) is 19.1 Å². The normalized spacial score (nSPS) is 25.2. The van der Waals surface area contributed by atoms with E-state index in [0.29, 0.717) is 6.54 Å². The van der Waals surface area contributed by atoms with E-state index in [1.54, 1.807) is 34.6 Å². The molecule has 1 rings (SSSR count). The van der Waals surface area contributed by atoms with Gasteiger partial charge in [0.25, 0.3) is 5.91 Å². The van der Waals surface area contributed by atoms with E-state index in [1.165, 1.54) is 0 Å². The number of amides is 1. The largest absolute Gasteiger partial charge is 0.458 e. The molecule has 1 aliphatic rings. The van der Waals surface area contributed by atoms with Crippen LogP contribution in [0.5, 0.6) is 0 Å². The highest BCUT2D eigenvalue weighted by Gasteiger charge is 2.42. The van der Waals surface area contributed by atoms with Crippen molar-refractivity contribution in [3.63, 3.8) is 0 Å². The van der Waals surface area contributed by atoms with E-state index in [-0.39, 0.29) is 0 Å². The Morgan fingerprint density at radius 2 is 2.11 bits per heavy atom. The van der Waals surface area contributed by atoms with Gasteiger partial charge in [0.2, 0.25) is 0 Å². The zero-order valence-corrected chi connectivity index (χ0v) is 11.4. The van der Waals surface area contributed by atoms with Gasteiger partial charge in [-0.25, -0.2) is 4.79 Å². The van der Waals surface area contributed by atoms with Crippen LogP contribution in [0.3, 0.4) is 0 Å². The van der Waals surface area contributed by atoms with Crippen LogP contribution in [0.1, 0.15) is 34.6 Å². The molecular formula is C12H21NO5. The number of rotatable bonds is 2. The number of hydrogen-bond acceptors (Lipinski definition) is 5. The molecule has 1 unspecified atom stereocenters. The third-order valence-electron chi connectivity index (χ3n) is 2.33. The minimum absolute atomic E-state index is 0.337. The number of carbonyl (C=O) groups is 2. The third-order valence-corrected chi connectivity index (χ3v) is 2.33. The van der Waals surface area contributed by atoms with Crippen LogP contribution >= 0.6 is 0 Å². The highest BCUT2D eigenvalue weighted by atomic mass is 16.6. The van der Waals surface area contributed by atoms with E-state index in [0.717, 1.165) is 0 Å². The summed E-state index contributed by atoms with van der Waals surface area (Å²) in [6.45, 7) is 8.92. The number of hydrogen-bond donors (Lipinski definition) is 2. The van der Waals surface area contributed by atoms with Gasteiger partial charge >= 0.3 is 5.97 Å². The molecule has 0 radical (unpaired) electrons. The quantitative estimate of drug-likeness (QED) is 0.681. The molecule has 104 valence electrons. The zero-order chi connectivity index (χ0) is 14.1. The molecule has 6 heteroatoms. The molecule has 0 spiro atoms. The van der Waals surface area contributed by atoms with Gasteiger partial charge in [-0.2, -0.15) is 0 Å². The summed E-state index contributed by atoms with van der Waals surface area (Å²) < 4.78 is 10.4. The maximum Gasteiger partial charge on any atom is 0.338 e. The van der Waals surface area contributed by atoms with Gasteiger partial charge in [-0.1, -0.05) is 0 Å². The average Bonchev–Trinajstić information content (AvgIpc) is 2.18. The molecule has 0 aromatic carbocycles. The van der Waals surface area contributed by atoms with Gasteiger partial charge < -0.3 is 19.9 Å². The van der Waals surface area contributed by atoms with Crippen LogP contribution in [0.2, 0.25) is 0 Å². The van der Waals surface area contributed by atoms with Gasteiger partial charge in [-0.15, -0.1) is 0 Å². The number of nitrogens with one attached hydrogen (secondary N) is 1. The molecule has 2 atom stereocenters. The number of morpholine rings is 1. The van der Waals surface area contributed by atoms with E-state index in [2.05, 4.69) is 5.32 Å². The number of esters is 1.